The fourth-order valence-electron chi connectivity index (χ4n) is 1.70. The normalized spacial score (nSPS) is 10.2. The number of nitrogen functional groups attached to an aromatic ring is 1. The largest absolute Gasteiger partial charge is 0.398 e. The predicted molar refractivity (Wildman–Crippen MR) is 71.1 cm³/mol. The van der Waals surface area contributed by atoms with Crippen LogP contribution >= 0.6 is 0 Å². The molecule has 5 heteroatoms. The molecule has 1 aromatic carbocycles. The van der Waals surface area contributed by atoms with E-state index in [0.29, 0.717) is 29.8 Å². The van der Waals surface area contributed by atoms with E-state index < -0.39 is 0 Å². The van der Waals surface area contributed by atoms with Gasteiger partial charge in [0.05, 0.1) is 5.56 Å². The maximum atomic E-state index is 13.4. The Morgan fingerprint density at radius 1 is 1.32 bits per heavy atom. The molecule has 0 aliphatic heterocycles. The van der Waals surface area contributed by atoms with Gasteiger partial charge in [0.1, 0.15) is 5.82 Å². The lowest BCUT2D eigenvalue weighted by molar-refractivity contribution is 0.0954. The summed E-state index contributed by atoms with van der Waals surface area (Å²) in [5.41, 5.74) is 6.94. The topological polar surface area (TPSA) is 68.0 Å². The zero-order valence-corrected chi connectivity index (χ0v) is 10.3. The molecule has 0 saturated heterocycles. The summed E-state index contributed by atoms with van der Waals surface area (Å²) in [6.07, 6.45) is 3.36. The summed E-state index contributed by atoms with van der Waals surface area (Å²) in [7, 11) is 0. The van der Waals surface area contributed by atoms with Crippen molar-refractivity contribution in [1.29, 1.82) is 0 Å². The third-order valence-corrected chi connectivity index (χ3v) is 2.74. The average Bonchev–Trinajstić information content (AvgIpc) is 2.41. The highest BCUT2D eigenvalue weighted by atomic mass is 19.1. The molecule has 0 bridgehead atoms. The van der Waals surface area contributed by atoms with Crippen molar-refractivity contribution in [3.05, 3.63) is 59.7 Å². The lowest BCUT2D eigenvalue weighted by Crippen LogP contribution is -2.26. The van der Waals surface area contributed by atoms with Crippen LogP contribution in [0.5, 0.6) is 0 Å². The maximum Gasteiger partial charge on any atom is 0.254 e. The van der Waals surface area contributed by atoms with E-state index in [1.807, 2.05) is 0 Å². The summed E-state index contributed by atoms with van der Waals surface area (Å²) >= 11 is 0. The standard InChI is InChI=1S/C14H14FN3O/c15-12-4-2-1-3-10(12)5-8-18-14(19)11-9-17-7-6-13(11)16/h1-4,6-7,9H,5,8H2,(H2,16,17)(H,18,19). The van der Waals surface area contributed by atoms with Crippen LogP contribution in [0.2, 0.25) is 0 Å². The van der Waals surface area contributed by atoms with Crippen LogP contribution in [-0.2, 0) is 6.42 Å². The molecule has 0 aliphatic carbocycles. The summed E-state index contributed by atoms with van der Waals surface area (Å²) in [5, 5.41) is 2.69. The molecule has 98 valence electrons. The predicted octanol–water partition coefficient (Wildman–Crippen LogP) is 1.78. The number of benzene rings is 1. The molecular formula is C14H14FN3O. The monoisotopic (exact) mass is 259 g/mol. The first-order valence-electron chi connectivity index (χ1n) is 5.89. The zero-order valence-electron chi connectivity index (χ0n) is 10.3. The van der Waals surface area contributed by atoms with E-state index in [4.69, 9.17) is 5.73 Å². The number of nitrogens with two attached hydrogens (primary N) is 1. The molecule has 2 aromatic rings. The van der Waals surface area contributed by atoms with Gasteiger partial charge in [-0.1, -0.05) is 18.2 Å². The third-order valence-electron chi connectivity index (χ3n) is 2.74. The Morgan fingerprint density at radius 2 is 2.11 bits per heavy atom. The van der Waals surface area contributed by atoms with Crippen LogP contribution in [0.25, 0.3) is 0 Å². The molecule has 0 saturated carbocycles. The molecule has 1 aromatic heterocycles. The van der Waals surface area contributed by atoms with Gasteiger partial charge in [-0.2, -0.15) is 0 Å². The summed E-state index contributed by atoms with van der Waals surface area (Å²) in [5.74, 6) is -0.570. The van der Waals surface area contributed by atoms with Crippen molar-refractivity contribution in [2.45, 2.75) is 6.42 Å². The summed E-state index contributed by atoms with van der Waals surface area (Å²) in [4.78, 5) is 15.7. The molecule has 0 atom stereocenters. The van der Waals surface area contributed by atoms with Crippen molar-refractivity contribution in [2.24, 2.45) is 0 Å². The Morgan fingerprint density at radius 3 is 2.84 bits per heavy atom. The molecule has 0 radical (unpaired) electrons. The number of hydrogen-bond donors (Lipinski definition) is 2. The zero-order chi connectivity index (χ0) is 13.7. The maximum absolute atomic E-state index is 13.4. The molecule has 0 fully saturated rings. The van der Waals surface area contributed by atoms with Crippen molar-refractivity contribution in [2.75, 3.05) is 12.3 Å². The Balaban J connectivity index is 1.92. The molecule has 0 spiro atoms. The van der Waals surface area contributed by atoms with E-state index in [1.165, 1.54) is 18.5 Å². The number of carbonyl (C=O) groups is 1. The molecule has 4 nitrogen and oxygen atoms in total. The second-order valence-corrected chi connectivity index (χ2v) is 4.06. The number of hydrogen-bond acceptors (Lipinski definition) is 3. The van der Waals surface area contributed by atoms with Crippen LogP contribution in [0.1, 0.15) is 15.9 Å². The van der Waals surface area contributed by atoms with Crippen LogP contribution in [0, 0.1) is 5.82 Å². The third kappa shape index (κ3) is 3.28. The second-order valence-electron chi connectivity index (χ2n) is 4.06. The van der Waals surface area contributed by atoms with Crippen molar-refractivity contribution < 1.29 is 9.18 Å². The van der Waals surface area contributed by atoms with E-state index in [2.05, 4.69) is 10.3 Å². The molecular weight excluding hydrogens is 245 g/mol. The molecule has 19 heavy (non-hydrogen) atoms. The van der Waals surface area contributed by atoms with Crippen molar-refractivity contribution in [3.8, 4) is 0 Å². The minimum atomic E-state index is -0.304. The number of amides is 1. The fraction of sp³-hybridized carbons (Fsp3) is 0.143. The lowest BCUT2D eigenvalue weighted by Gasteiger charge is -2.07. The highest BCUT2D eigenvalue weighted by Crippen LogP contribution is 2.09. The van der Waals surface area contributed by atoms with Gasteiger partial charge in [-0.25, -0.2) is 4.39 Å². The van der Waals surface area contributed by atoms with Gasteiger partial charge in [0.2, 0.25) is 0 Å². The van der Waals surface area contributed by atoms with Gasteiger partial charge in [-0.15, -0.1) is 0 Å². The van der Waals surface area contributed by atoms with Gasteiger partial charge in [0.15, 0.2) is 0 Å². The van der Waals surface area contributed by atoms with Crippen molar-refractivity contribution in [1.82, 2.24) is 10.3 Å². The number of nitrogens with zero attached hydrogens (tertiary/aromatic N) is 1. The van der Waals surface area contributed by atoms with Gasteiger partial charge in [0.25, 0.3) is 5.91 Å². The number of anilines is 1. The van der Waals surface area contributed by atoms with Crippen LogP contribution < -0.4 is 11.1 Å². The van der Waals surface area contributed by atoms with E-state index in [9.17, 15) is 9.18 Å². The lowest BCUT2D eigenvalue weighted by atomic mass is 10.1. The highest BCUT2D eigenvalue weighted by molar-refractivity contribution is 5.98. The highest BCUT2D eigenvalue weighted by Gasteiger charge is 2.09. The SMILES string of the molecule is Nc1ccncc1C(=O)NCCc1ccccc1F. The summed E-state index contributed by atoms with van der Waals surface area (Å²) in [6.45, 7) is 0.341. The molecule has 1 heterocycles. The Labute approximate surface area is 110 Å². The van der Waals surface area contributed by atoms with Gasteiger partial charge in [-0.3, -0.25) is 9.78 Å². The van der Waals surface area contributed by atoms with Crippen LogP contribution in [0.4, 0.5) is 10.1 Å². The molecule has 0 unspecified atom stereocenters. The van der Waals surface area contributed by atoms with Crippen molar-refractivity contribution >= 4 is 11.6 Å². The van der Waals surface area contributed by atoms with Gasteiger partial charge in [0, 0.05) is 24.6 Å². The van der Waals surface area contributed by atoms with E-state index in [-0.39, 0.29) is 11.7 Å². The minimum absolute atomic E-state index is 0.266. The number of pyridine rings is 1. The minimum Gasteiger partial charge on any atom is -0.398 e. The first kappa shape index (κ1) is 13.0. The number of nitrogens with one attached hydrogen (secondary N) is 1. The number of rotatable bonds is 4. The number of aromatic nitrogens is 1. The number of carbonyl (C=O) groups excluding carboxylic acids is 1. The smallest absolute Gasteiger partial charge is 0.254 e. The van der Waals surface area contributed by atoms with Crippen LogP contribution in [0.3, 0.4) is 0 Å². The number of halogens is 1. The quantitative estimate of drug-likeness (QED) is 0.879. The Kier molecular flexibility index (Phi) is 4.07. The second kappa shape index (κ2) is 5.95. The summed E-state index contributed by atoms with van der Waals surface area (Å²) in [6, 6.07) is 8.05. The average molecular weight is 259 g/mol. The molecule has 2 rings (SSSR count). The molecule has 0 aliphatic rings. The first-order valence-corrected chi connectivity index (χ1v) is 5.89. The Hall–Kier alpha value is -2.43. The summed E-state index contributed by atoms with van der Waals surface area (Å²) < 4.78 is 13.4. The van der Waals surface area contributed by atoms with E-state index >= 15 is 0 Å². The van der Waals surface area contributed by atoms with E-state index in [1.54, 1.807) is 24.3 Å². The van der Waals surface area contributed by atoms with Crippen LogP contribution in [0.15, 0.2) is 42.7 Å². The molecule has 3 N–H and O–H groups in total. The molecule has 1 amide bonds. The first-order chi connectivity index (χ1) is 9.18. The van der Waals surface area contributed by atoms with Gasteiger partial charge < -0.3 is 11.1 Å². The van der Waals surface area contributed by atoms with Gasteiger partial charge in [-0.05, 0) is 24.1 Å². The Bertz CT molecular complexity index is 586. The van der Waals surface area contributed by atoms with Crippen molar-refractivity contribution in [3.63, 3.8) is 0 Å². The van der Waals surface area contributed by atoms with Crippen LogP contribution in [-0.4, -0.2) is 17.4 Å². The fourth-order valence-corrected chi connectivity index (χ4v) is 1.70. The van der Waals surface area contributed by atoms with Gasteiger partial charge >= 0.3 is 0 Å². The van der Waals surface area contributed by atoms with E-state index in [0.717, 1.165) is 0 Å².